The van der Waals surface area contributed by atoms with Gasteiger partial charge in [0, 0.05) is 18.3 Å². The first kappa shape index (κ1) is 13.1. The summed E-state index contributed by atoms with van der Waals surface area (Å²) in [7, 11) is 0. The van der Waals surface area contributed by atoms with Gasteiger partial charge >= 0.3 is 0 Å². The Morgan fingerprint density at radius 3 is 2.75 bits per heavy atom. The van der Waals surface area contributed by atoms with Gasteiger partial charge in [-0.3, -0.25) is 0 Å². The number of anilines is 2. The number of rotatable bonds is 6. The molecule has 0 fully saturated rings. The molecule has 1 aromatic heterocycles. The van der Waals surface area contributed by atoms with E-state index in [1.807, 2.05) is 0 Å². The van der Waals surface area contributed by atoms with Crippen LogP contribution in [0.3, 0.4) is 0 Å². The molecule has 0 bridgehead atoms. The smallest absolute Gasteiger partial charge is 0.133 e. The summed E-state index contributed by atoms with van der Waals surface area (Å²) in [6.07, 6.45) is 3.65. The SMILES string of the molecule is CC(C)CCCCNc1cc(N)cc(Cl)n1. The summed E-state index contributed by atoms with van der Waals surface area (Å²) in [6.45, 7) is 5.40. The molecule has 0 amide bonds. The van der Waals surface area contributed by atoms with Crippen molar-refractivity contribution in [1.82, 2.24) is 4.98 Å². The van der Waals surface area contributed by atoms with E-state index in [4.69, 9.17) is 17.3 Å². The molecule has 0 aliphatic carbocycles. The molecule has 4 heteroatoms. The number of nitrogens with one attached hydrogen (secondary N) is 1. The lowest BCUT2D eigenvalue weighted by molar-refractivity contribution is 0.544. The average Bonchev–Trinajstić information content (AvgIpc) is 2.15. The molecular weight excluding hydrogens is 222 g/mol. The molecule has 1 aromatic rings. The number of unbranched alkanes of at least 4 members (excludes halogenated alkanes) is 1. The third-order valence-corrected chi connectivity index (χ3v) is 2.52. The lowest BCUT2D eigenvalue weighted by atomic mass is 10.1. The van der Waals surface area contributed by atoms with Crippen LogP contribution in [0.5, 0.6) is 0 Å². The first-order valence-corrected chi connectivity index (χ1v) is 6.12. The van der Waals surface area contributed by atoms with Crippen molar-refractivity contribution >= 4 is 23.1 Å². The van der Waals surface area contributed by atoms with E-state index in [1.54, 1.807) is 12.1 Å². The lowest BCUT2D eigenvalue weighted by Crippen LogP contribution is -2.04. The molecule has 0 aliphatic rings. The number of nitrogen functional groups attached to an aromatic ring is 1. The van der Waals surface area contributed by atoms with Gasteiger partial charge in [-0.25, -0.2) is 4.98 Å². The second kappa shape index (κ2) is 6.59. The summed E-state index contributed by atoms with van der Waals surface area (Å²) in [5, 5.41) is 3.66. The van der Waals surface area contributed by atoms with Gasteiger partial charge in [0.15, 0.2) is 0 Å². The highest BCUT2D eigenvalue weighted by Crippen LogP contribution is 2.16. The van der Waals surface area contributed by atoms with Crippen molar-refractivity contribution < 1.29 is 0 Å². The van der Waals surface area contributed by atoms with E-state index >= 15 is 0 Å². The maximum absolute atomic E-state index is 5.80. The van der Waals surface area contributed by atoms with Gasteiger partial charge in [-0.15, -0.1) is 0 Å². The Kier molecular flexibility index (Phi) is 5.39. The topological polar surface area (TPSA) is 50.9 Å². The fourth-order valence-electron chi connectivity index (χ4n) is 1.50. The number of halogens is 1. The van der Waals surface area contributed by atoms with Gasteiger partial charge in [0.25, 0.3) is 0 Å². The van der Waals surface area contributed by atoms with Gasteiger partial charge in [0.1, 0.15) is 11.0 Å². The molecule has 0 saturated heterocycles. The Morgan fingerprint density at radius 2 is 2.12 bits per heavy atom. The van der Waals surface area contributed by atoms with Gasteiger partial charge in [-0.2, -0.15) is 0 Å². The summed E-state index contributed by atoms with van der Waals surface area (Å²) < 4.78 is 0. The predicted molar refractivity (Wildman–Crippen MR) is 70.8 cm³/mol. The lowest BCUT2D eigenvalue weighted by Gasteiger charge is -2.07. The van der Waals surface area contributed by atoms with Crippen LogP contribution in [-0.4, -0.2) is 11.5 Å². The van der Waals surface area contributed by atoms with Crippen molar-refractivity contribution in [2.75, 3.05) is 17.6 Å². The molecular formula is C12H20ClN3. The summed E-state index contributed by atoms with van der Waals surface area (Å²) >= 11 is 5.80. The van der Waals surface area contributed by atoms with Gasteiger partial charge < -0.3 is 11.1 Å². The largest absolute Gasteiger partial charge is 0.399 e. The van der Waals surface area contributed by atoms with Crippen LogP contribution >= 0.6 is 11.6 Å². The molecule has 0 spiro atoms. The van der Waals surface area contributed by atoms with Crippen LogP contribution in [-0.2, 0) is 0 Å². The maximum atomic E-state index is 5.80. The van der Waals surface area contributed by atoms with E-state index in [9.17, 15) is 0 Å². The number of pyridine rings is 1. The summed E-state index contributed by atoms with van der Waals surface area (Å²) in [5.74, 6) is 1.54. The van der Waals surface area contributed by atoms with E-state index in [0.717, 1.165) is 24.7 Å². The minimum atomic E-state index is 0.435. The van der Waals surface area contributed by atoms with Crippen LogP contribution in [0.4, 0.5) is 11.5 Å². The normalized spacial score (nSPS) is 10.8. The van der Waals surface area contributed by atoms with Crippen LogP contribution in [0.1, 0.15) is 33.1 Å². The standard InChI is InChI=1S/C12H20ClN3/c1-9(2)5-3-4-6-15-12-8-10(14)7-11(13)16-12/h7-9H,3-6H2,1-2H3,(H3,14,15,16). The Hall–Kier alpha value is -0.960. The predicted octanol–water partition coefficient (Wildman–Crippen LogP) is 3.56. The Balaban J connectivity index is 2.26. The van der Waals surface area contributed by atoms with Crippen molar-refractivity contribution in [3.8, 4) is 0 Å². The second-order valence-corrected chi connectivity index (χ2v) is 4.81. The molecule has 1 rings (SSSR count). The van der Waals surface area contributed by atoms with Crippen molar-refractivity contribution in [1.29, 1.82) is 0 Å². The second-order valence-electron chi connectivity index (χ2n) is 4.42. The minimum Gasteiger partial charge on any atom is -0.399 e. The molecule has 0 saturated carbocycles. The maximum Gasteiger partial charge on any atom is 0.133 e. The molecule has 1 heterocycles. The zero-order chi connectivity index (χ0) is 12.0. The number of hydrogen-bond donors (Lipinski definition) is 2. The summed E-state index contributed by atoms with van der Waals surface area (Å²) in [4.78, 5) is 4.14. The molecule has 3 nitrogen and oxygen atoms in total. The third kappa shape index (κ3) is 5.21. The highest BCUT2D eigenvalue weighted by molar-refractivity contribution is 6.29. The van der Waals surface area contributed by atoms with Crippen LogP contribution in [0.2, 0.25) is 5.15 Å². The van der Waals surface area contributed by atoms with E-state index in [0.29, 0.717) is 10.8 Å². The van der Waals surface area contributed by atoms with Crippen LogP contribution in [0.25, 0.3) is 0 Å². The molecule has 0 radical (unpaired) electrons. The van der Waals surface area contributed by atoms with Gasteiger partial charge in [0.2, 0.25) is 0 Å². The highest BCUT2D eigenvalue weighted by atomic mass is 35.5. The van der Waals surface area contributed by atoms with Gasteiger partial charge in [0.05, 0.1) is 0 Å². The fourth-order valence-corrected chi connectivity index (χ4v) is 1.72. The van der Waals surface area contributed by atoms with Crippen molar-refractivity contribution in [2.45, 2.75) is 33.1 Å². The number of aromatic nitrogens is 1. The summed E-state index contributed by atoms with van der Waals surface area (Å²) in [5.41, 5.74) is 6.31. The van der Waals surface area contributed by atoms with Crippen LogP contribution in [0, 0.1) is 5.92 Å². The van der Waals surface area contributed by atoms with E-state index in [2.05, 4.69) is 24.1 Å². The van der Waals surface area contributed by atoms with E-state index < -0.39 is 0 Å². The van der Waals surface area contributed by atoms with Crippen molar-refractivity contribution in [2.24, 2.45) is 5.92 Å². The van der Waals surface area contributed by atoms with Crippen molar-refractivity contribution in [3.63, 3.8) is 0 Å². The first-order chi connectivity index (χ1) is 7.58. The molecule has 0 unspecified atom stereocenters. The minimum absolute atomic E-state index is 0.435. The van der Waals surface area contributed by atoms with Crippen LogP contribution in [0.15, 0.2) is 12.1 Å². The van der Waals surface area contributed by atoms with Crippen LogP contribution < -0.4 is 11.1 Å². The fraction of sp³-hybridized carbons (Fsp3) is 0.583. The molecule has 0 aliphatic heterocycles. The molecule has 16 heavy (non-hydrogen) atoms. The van der Waals surface area contributed by atoms with E-state index in [-0.39, 0.29) is 0 Å². The zero-order valence-electron chi connectivity index (χ0n) is 9.96. The quantitative estimate of drug-likeness (QED) is 0.592. The third-order valence-electron chi connectivity index (χ3n) is 2.33. The highest BCUT2D eigenvalue weighted by Gasteiger charge is 1.98. The number of nitrogens with zero attached hydrogens (tertiary/aromatic N) is 1. The van der Waals surface area contributed by atoms with E-state index in [1.165, 1.54) is 12.8 Å². The molecule has 3 N–H and O–H groups in total. The molecule has 0 aromatic carbocycles. The van der Waals surface area contributed by atoms with Gasteiger partial charge in [-0.05, 0) is 18.4 Å². The summed E-state index contributed by atoms with van der Waals surface area (Å²) in [6, 6.07) is 3.44. The zero-order valence-corrected chi connectivity index (χ0v) is 10.7. The Labute approximate surface area is 102 Å². The van der Waals surface area contributed by atoms with Gasteiger partial charge in [-0.1, -0.05) is 38.3 Å². The molecule has 90 valence electrons. The molecule has 0 atom stereocenters. The van der Waals surface area contributed by atoms with Crippen molar-refractivity contribution in [3.05, 3.63) is 17.3 Å². The first-order valence-electron chi connectivity index (χ1n) is 5.75. The Bertz CT molecular complexity index is 306. The number of hydrogen-bond acceptors (Lipinski definition) is 3. The average molecular weight is 242 g/mol. The monoisotopic (exact) mass is 241 g/mol. The number of nitrogens with two attached hydrogens (primary N) is 1. The Morgan fingerprint density at radius 1 is 1.38 bits per heavy atom.